The molecule has 5 nitrogen and oxygen atoms in total. The van der Waals surface area contributed by atoms with E-state index in [9.17, 15) is 23.1 Å². The SMILES string of the molecule is CC(C)(C)c1cc(C(=O)O)c(-c2ncccc2OC(F)(F)F)[nH]1. The first-order chi connectivity index (χ1) is 10.5. The second-order valence-corrected chi connectivity index (χ2v) is 5.92. The number of pyridine rings is 1. The quantitative estimate of drug-likeness (QED) is 0.894. The third-order valence-electron chi connectivity index (χ3n) is 3.09. The summed E-state index contributed by atoms with van der Waals surface area (Å²) in [5.74, 6) is -1.83. The Morgan fingerprint density at radius 2 is 1.96 bits per heavy atom. The number of halogens is 3. The normalized spacial score (nSPS) is 12.3. The van der Waals surface area contributed by atoms with Crippen molar-refractivity contribution >= 4 is 5.97 Å². The molecule has 23 heavy (non-hydrogen) atoms. The van der Waals surface area contributed by atoms with Crippen LogP contribution < -0.4 is 4.74 Å². The number of rotatable bonds is 3. The van der Waals surface area contributed by atoms with Crippen LogP contribution in [0.2, 0.25) is 0 Å². The summed E-state index contributed by atoms with van der Waals surface area (Å²) >= 11 is 0. The minimum atomic E-state index is -4.90. The summed E-state index contributed by atoms with van der Waals surface area (Å²) in [5.41, 5.74) is -0.253. The largest absolute Gasteiger partial charge is 0.573 e. The van der Waals surface area contributed by atoms with E-state index in [-0.39, 0.29) is 17.0 Å². The molecular weight excluding hydrogens is 313 g/mol. The monoisotopic (exact) mass is 328 g/mol. The lowest BCUT2D eigenvalue weighted by atomic mass is 9.92. The average Bonchev–Trinajstić information content (AvgIpc) is 2.82. The van der Waals surface area contributed by atoms with Crippen molar-refractivity contribution in [2.45, 2.75) is 32.5 Å². The molecule has 8 heteroatoms. The van der Waals surface area contributed by atoms with Gasteiger partial charge in [-0.2, -0.15) is 0 Å². The molecule has 0 spiro atoms. The van der Waals surface area contributed by atoms with E-state index in [0.717, 1.165) is 6.07 Å². The Morgan fingerprint density at radius 3 is 2.48 bits per heavy atom. The molecule has 0 bridgehead atoms. The first-order valence-corrected chi connectivity index (χ1v) is 6.67. The van der Waals surface area contributed by atoms with E-state index in [1.54, 1.807) is 0 Å². The van der Waals surface area contributed by atoms with Gasteiger partial charge in [-0.05, 0) is 18.2 Å². The second-order valence-electron chi connectivity index (χ2n) is 5.92. The van der Waals surface area contributed by atoms with E-state index in [1.165, 1.54) is 18.3 Å². The highest BCUT2D eigenvalue weighted by Gasteiger charge is 2.33. The van der Waals surface area contributed by atoms with Crippen molar-refractivity contribution in [2.75, 3.05) is 0 Å². The van der Waals surface area contributed by atoms with Crippen molar-refractivity contribution in [1.29, 1.82) is 0 Å². The Balaban J connectivity index is 2.63. The number of aromatic amines is 1. The van der Waals surface area contributed by atoms with Gasteiger partial charge in [-0.3, -0.25) is 4.98 Å². The van der Waals surface area contributed by atoms with Gasteiger partial charge < -0.3 is 14.8 Å². The summed E-state index contributed by atoms with van der Waals surface area (Å²) in [7, 11) is 0. The number of alkyl halides is 3. The molecule has 0 amide bonds. The first kappa shape index (κ1) is 16.9. The van der Waals surface area contributed by atoms with Crippen LogP contribution in [0.15, 0.2) is 24.4 Å². The van der Waals surface area contributed by atoms with Crippen LogP contribution in [0, 0.1) is 0 Å². The summed E-state index contributed by atoms with van der Waals surface area (Å²) in [6.07, 6.45) is -3.64. The van der Waals surface area contributed by atoms with Gasteiger partial charge in [0.15, 0.2) is 5.75 Å². The molecule has 2 heterocycles. The maximum absolute atomic E-state index is 12.5. The predicted molar refractivity (Wildman–Crippen MR) is 76.4 cm³/mol. The summed E-state index contributed by atoms with van der Waals surface area (Å²) in [6.45, 7) is 5.54. The molecule has 124 valence electrons. The summed E-state index contributed by atoms with van der Waals surface area (Å²) in [6, 6.07) is 3.75. The van der Waals surface area contributed by atoms with Crippen LogP contribution in [0.1, 0.15) is 36.8 Å². The lowest BCUT2D eigenvalue weighted by Crippen LogP contribution is -2.18. The van der Waals surface area contributed by atoms with E-state index >= 15 is 0 Å². The molecule has 0 unspecified atom stereocenters. The Hall–Kier alpha value is -2.51. The zero-order chi connectivity index (χ0) is 17.4. The van der Waals surface area contributed by atoms with Crippen LogP contribution in [0.4, 0.5) is 13.2 Å². The van der Waals surface area contributed by atoms with Crippen LogP contribution in [-0.4, -0.2) is 27.4 Å². The molecule has 2 N–H and O–H groups in total. The lowest BCUT2D eigenvalue weighted by Gasteiger charge is -2.16. The number of carboxylic acids is 1. The minimum absolute atomic E-state index is 0.0257. The van der Waals surface area contributed by atoms with Crippen molar-refractivity contribution in [3.05, 3.63) is 35.7 Å². The molecule has 0 aromatic carbocycles. The average molecular weight is 328 g/mol. The van der Waals surface area contributed by atoms with E-state index in [2.05, 4.69) is 14.7 Å². The van der Waals surface area contributed by atoms with Crippen LogP contribution in [0.5, 0.6) is 5.75 Å². The molecule has 0 aliphatic carbocycles. The number of aromatic carboxylic acids is 1. The molecule has 0 atom stereocenters. The minimum Gasteiger partial charge on any atom is -0.478 e. The number of carbonyl (C=O) groups is 1. The molecule has 0 saturated carbocycles. The van der Waals surface area contributed by atoms with Crippen LogP contribution in [0.3, 0.4) is 0 Å². The lowest BCUT2D eigenvalue weighted by molar-refractivity contribution is -0.274. The van der Waals surface area contributed by atoms with Gasteiger partial charge in [0.2, 0.25) is 0 Å². The van der Waals surface area contributed by atoms with E-state index in [0.29, 0.717) is 5.69 Å². The van der Waals surface area contributed by atoms with Gasteiger partial charge in [0.1, 0.15) is 5.69 Å². The van der Waals surface area contributed by atoms with Crippen LogP contribution >= 0.6 is 0 Å². The second kappa shape index (κ2) is 5.60. The molecule has 2 aromatic heterocycles. The van der Waals surface area contributed by atoms with Gasteiger partial charge in [-0.1, -0.05) is 20.8 Å². The van der Waals surface area contributed by atoms with Gasteiger partial charge in [0, 0.05) is 17.3 Å². The molecule has 0 radical (unpaired) electrons. The van der Waals surface area contributed by atoms with Crippen molar-refractivity contribution in [2.24, 2.45) is 0 Å². The number of aromatic nitrogens is 2. The Bertz CT molecular complexity index is 730. The highest BCUT2D eigenvalue weighted by atomic mass is 19.4. The van der Waals surface area contributed by atoms with Crippen molar-refractivity contribution in [1.82, 2.24) is 9.97 Å². The molecule has 2 rings (SSSR count). The smallest absolute Gasteiger partial charge is 0.478 e. The Labute approximate surface area is 130 Å². The number of hydrogen-bond donors (Lipinski definition) is 2. The predicted octanol–water partition coefficient (Wildman–Crippen LogP) is 3.97. The zero-order valence-corrected chi connectivity index (χ0v) is 12.7. The number of nitrogens with zero attached hydrogens (tertiary/aromatic N) is 1. The zero-order valence-electron chi connectivity index (χ0n) is 12.7. The Kier molecular flexibility index (Phi) is 4.10. The number of carboxylic acid groups (broad SMARTS) is 1. The molecule has 0 aliphatic rings. The summed E-state index contributed by atoms with van der Waals surface area (Å²) < 4.78 is 41.5. The van der Waals surface area contributed by atoms with Gasteiger partial charge in [0.25, 0.3) is 0 Å². The standard InChI is InChI=1S/C15H15F3N2O3/c1-14(2,3)10-7-8(13(21)22)11(20-10)12-9(5-4-6-19-12)23-15(16,17)18/h4-7,20H,1-3H3,(H,21,22). The molecule has 0 fully saturated rings. The fourth-order valence-corrected chi connectivity index (χ4v) is 2.00. The first-order valence-electron chi connectivity index (χ1n) is 6.67. The Morgan fingerprint density at radius 1 is 1.30 bits per heavy atom. The summed E-state index contributed by atoms with van der Waals surface area (Å²) in [4.78, 5) is 18.1. The third-order valence-corrected chi connectivity index (χ3v) is 3.09. The van der Waals surface area contributed by atoms with E-state index < -0.39 is 23.5 Å². The maximum Gasteiger partial charge on any atom is 0.573 e. The number of hydrogen-bond acceptors (Lipinski definition) is 3. The molecule has 0 saturated heterocycles. The van der Waals surface area contributed by atoms with E-state index in [1.807, 2.05) is 20.8 Å². The number of ether oxygens (including phenoxy) is 1. The fourth-order valence-electron chi connectivity index (χ4n) is 2.00. The van der Waals surface area contributed by atoms with Crippen molar-refractivity contribution < 1.29 is 27.8 Å². The number of nitrogens with one attached hydrogen (secondary N) is 1. The third kappa shape index (κ3) is 3.82. The number of H-pyrrole nitrogens is 1. The van der Waals surface area contributed by atoms with Crippen LogP contribution in [-0.2, 0) is 5.41 Å². The van der Waals surface area contributed by atoms with Crippen LogP contribution in [0.25, 0.3) is 11.4 Å². The molecule has 0 aliphatic heterocycles. The van der Waals surface area contributed by atoms with Gasteiger partial charge in [-0.15, -0.1) is 13.2 Å². The molecular formula is C15H15F3N2O3. The highest BCUT2D eigenvalue weighted by molar-refractivity contribution is 5.95. The van der Waals surface area contributed by atoms with E-state index in [4.69, 9.17) is 0 Å². The summed E-state index contributed by atoms with van der Waals surface area (Å²) in [5, 5.41) is 9.32. The fraction of sp³-hybridized carbons (Fsp3) is 0.333. The highest BCUT2D eigenvalue weighted by Crippen LogP contribution is 2.35. The van der Waals surface area contributed by atoms with Gasteiger partial charge in [0.05, 0.1) is 11.3 Å². The molecule has 2 aromatic rings. The topological polar surface area (TPSA) is 75.2 Å². The van der Waals surface area contributed by atoms with Crippen molar-refractivity contribution in [3.8, 4) is 17.1 Å². The van der Waals surface area contributed by atoms with Gasteiger partial charge >= 0.3 is 12.3 Å². The van der Waals surface area contributed by atoms with Gasteiger partial charge in [-0.25, -0.2) is 4.79 Å². The van der Waals surface area contributed by atoms with Crippen molar-refractivity contribution in [3.63, 3.8) is 0 Å². The maximum atomic E-state index is 12.5.